The fourth-order valence-electron chi connectivity index (χ4n) is 2.24. The fourth-order valence-corrected chi connectivity index (χ4v) is 3.48. The largest absolute Gasteiger partial charge is 0.464 e. The molecule has 2 heterocycles. The summed E-state index contributed by atoms with van der Waals surface area (Å²) in [6.45, 7) is 4.50. The van der Waals surface area contributed by atoms with Gasteiger partial charge in [-0.25, -0.2) is 0 Å². The van der Waals surface area contributed by atoms with Gasteiger partial charge in [-0.1, -0.05) is 11.8 Å². The highest BCUT2D eigenvalue weighted by molar-refractivity contribution is 8.03. The summed E-state index contributed by atoms with van der Waals surface area (Å²) < 4.78 is 5.43. The Bertz CT molecular complexity index is 657. The summed E-state index contributed by atoms with van der Waals surface area (Å²) in [6.07, 6.45) is 3.40. The lowest BCUT2D eigenvalue weighted by molar-refractivity contribution is -0.112. The predicted molar refractivity (Wildman–Crippen MR) is 73.9 cm³/mol. The molecule has 3 rings (SSSR count). The topological polar surface area (TPSA) is 33.5 Å². The Kier molecular flexibility index (Phi) is 2.67. The molecule has 4 heteroatoms. The number of rotatable bonds is 2. The molecule has 0 amide bonds. The van der Waals surface area contributed by atoms with Crippen LogP contribution < -0.4 is 4.90 Å². The third-order valence-corrected chi connectivity index (χ3v) is 4.06. The molecular weight excluding hydrogens is 246 g/mol. The Balaban J connectivity index is 2.20. The summed E-state index contributed by atoms with van der Waals surface area (Å²) in [5.74, 6) is 0.0761. The van der Waals surface area contributed by atoms with E-state index in [0.29, 0.717) is 0 Å². The van der Waals surface area contributed by atoms with Crippen molar-refractivity contribution >= 4 is 34.2 Å². The van der Waals surface area contributed by atoms with Gasteiger partial charge >= 0.3 is 0 Å². The number of benzene rings is 1. The monoisotopic (exact) mass is 259 g/mol. The van der Waals surface area contributed by atoms with Crippen LogP contribution in [0, 0.1) is 0 Å². The van der Waals surface area contributed by atoms with Gasteiger partial charge in [0.05, 0.1) is 17.0 Å². The number of thioether (sulfide) groups is 1. The predicted octanol–water partition coefficient (Wildman–Crippen LogP) is 3.80. The van der Waals surface area contributed by atoms with Gasteiger partial charge in [-0.15, -0.1) is 0 Å². The van der Waals surface area contributed by atoms with Gasteiger partial charge in [0.1, 0.15) is 5.58 Å². The van der Waals surface area contributed by atoms with Gasteiger partial charge in [0.2, 0.25) is 0 Å². The van der Waals surface area contributed by atoms with Crippen LogP contribution in [0.3, 0.4) is 0 Å². The second-order valence-corrected chi connectivity index (χ2v) is 5.25. The number of allylic oxidation sites excluding steroid dienone is 1. The molecule has 92 valence electrons. The third kappa shape index (κ3) is 1.64. The normalized spacial score (nSPS) is 16.6. The van der Waals surface area contributed by atoms with Crippen molar-refractivity contribution in [3.8, 4) is 0 Å². The van der Waals surface area contributed by atoms with Gasteiger partial charge in [0, 0.05) is 22.9 Å². The van der Waals surface area contributed by atoms with Crippen molar-refractivity contribution in [3.63, 3.8) is 0 Å². The van der Waals surface area contributed by atoms with Crippen molar-refractivity contribution in [2.75, 3.05) is 11.4 Å². The zero-order chi connectivity index (χ0) is 12.7. The van der Waals surface area contributed by atoms with E-state index in [4.69, 9.17) is 4.42 Å². The van der Waals surface area contributed by atoms with Gasteiger partial charge in [-0.3, -0.25) is 4.79 Å². The number of hydrogen-bond acceptors (Lipinski definition) is 4. The van der Waals surface area contributed by atoms with Crippen LogP contribution in [0.15, 0.2) is 44.9 Å². The molecule has 0 N–H and O–H groups in total. The fraction of sp³-hybridized carbons (Fsp3) is 0.214. The van der Waals surface area contributed by atoms with Crippen LogP contribution >= 0.6 is 11.8 Å². The molecule has 0 saturated carbocycles. The average Bonchev–Trinajstić information content (AvgIpc) is 2.89. The van der Waals surface area contributed by atoms with Gasteiger partial charge in [-0.05, 0) is 32.0 Å². The van der Waals surface area contributed by atoms with Crippen molar-refractivity contribution in [1.29, 1.82) is 0 Å². The molecule has 0 bridgehead atoms. The van der Waals surface area contributed by atoms with Crippen LogP contribution in [0.5, 0.6) is 0 Å². The zero-order valence-electron chi connectivity index (χ0n) is 10.3. The van der Waals surface area contributed by atoms with Gasteiger partial charge in [0.25, 0.3) is 0 Å². The van der Waals surface area contributed by atoms with Gasteiger partial charge in [0.15, 0.2) is 5.78 Å². The number of ketones is 1. The first-order valence-corrected chi connectivity index (χ1v) is 6.70. The summed E-state index contributed by atoms with van der Waals surface area (Å²) in [5.41, 5.74) is 2.04. The first kappa shape index (κ1) is 11.4. The minimum Gasteiger partial charge on any atom is -0.464 e. The molecule has 18 heavy (non-hydrogen) atoms. The Morgan fingerprint density at radius 3 is 3.00 bits per heavy atom. The minimum atomic E-state index is 0.0761. The Labute approximate surface area is 109 Å². The van der Waals surface area contributed by atoms with E-state index in [2.05, 4.69) is 17.9 Å². The molecule has 1 aliphatic heterocycles. The second kappa shape index (κ2) is 4.21. The number of fused-ring (bicyclic) bond motifs is 3. The van der Waals surface area contributed by atoms with E-state index in [1.165, 1.54) is 4.90 Å². The molecule has 0 fully saturated rings. The zero-order valence-corrected chi connectivity index (χ0v) is 11.1. The molecule has 0 aliphatic carbocycles. The van der Waals surface area contributed by atoms with E-state index in [9.17, 15) is 4.79 Å². The number of hydrogen-bond donors (Lipinski definition) is 0. The van der Waals surface area contributed by atoms with Gasteiger partial charge in [-0.2, -0.15) is 0 Å². The van der Waals surface area contributed by atoms with Crippen LogP contribution in [0.4, 0.5) is 5.69 Å². The first-order chi connectivity index (χ1) is 8.70. The molecule has 0 unspecified atom stereocenters. The molecule has 0 spiro atoms. The van der Waals surface area contributed by atoms with E-state index in [0.717, 1.165) is 28.2 Å². The summed E-state index contributed by atoms with van der Waals surface area (Å²) in [5, 5.41) is 2.10. The van der Waals surface area contributed by atoms with Crippen LogP contribution in [0.1, 0.15) is 13.8 Å². The van der Waals surface area contributed by atoms with Crippen LogP contribution in [-0.4, -0.2) is 12.3 Å². The van der Waals surface area contributed by atoms with Gasteiger partial charge < -0.3 is 9.32 Å². The number of furan rings is 1. The Hall–Kier alpha value is -1.68. The lowest BCUT2D eigenvalue weighted by Gasteiger charge is -2.18. The highest BCUT2D eigenvalue weighted by Crippen LogP contribution is 2.49. The van der Waals surface area contributed by atoms with Crippen molar-refractivity contribution in [3.05, 3.63) is 35.6 Å². The highest BCUT2D eigenvalue weighted by Gasteiger charge is 2.26. The van der Waals surface area contributed by atoms with Crippen LogP contribution in [0.25, 0.3) is 11.0 Å². The van der Waals surface area contributed by atoms with E-state index in [1.807, 2.05) is 12.1 Å². The Morgan fingerprint density at radius 1 is 1.44 bits per heavy atom. The maximum Gasteiger partial charge on any atom is 0.155 e. The molecular formula is C14H13NO2S. The molecule has 1 aliphatic rings. The van der Waals surface area contributed by atoms with Crippen molar-refractivity contribution in [1.82, 2.24) is 0 Å². The molecule has 0 atom stereocenters. The minimum absolute atomic E-state index is 0.0761. The van der Waals surface area contributed by atoms with E-state index < -0.39 is 0 Å². The first-order valence-electron chi connectivity index (χ1n) is 5.88. The molecule has 2 aromatic rings. The SMILES string of the molecule is CCN1/C(=C/C(C)=O)Sc2ccc3occc3c21. The highest BCUT2D eigenvalue weighted by atomic mass is 32.2. The van der Waals surface area contributed by atoms with Crippen LogP contribution in [-0.2, 0) is 4.79 Å². The summed E-state index contributed by atoms with van der Waals surface area (Å²) in [7, 11) is 0. The average molecular weight is 259 g/mol. The quantitative estimate of drug-likeness (QED) is 0.768. The van der Waals surface area contributed by atoms with E-state index in [-0.39, 0.29) is 5.78 Å². The van der Waals surface area contributed by atoms with Crippen molar-refractivity contribution < 1.29 is 9.21 Å². The smallest absolute Gasteiger partial charge is 0.155 e. The van der Waals surface area contributed by atoms with E-state index >= 15 is 0 Å². The van der Waals surface area contributed by atoms with Crippen LogP contribution in [0.2, 0.25) is 0 Å². The lowest BCUT2D eigenvalue weighted by atomic mass is 10.2. The Morgan fingerprint density at radius 2 is 2.28 bits per heavy atom. The third-order valence-electron chi connectivity index (χ3n) is 2.96. The number of carbonyl (C=O) groups is 1. The maximum absolute atomic E-state index is 11.3. The summed E-state index contributed by atoms with van der Waals surface area (Å²) in [4.78, 5) is 14.6. The molecule has 0 radical (unpaired) electrons. The number of nitrogens with zero attached hydrogens (tertiary/aromatic N) is 1. The summed E-state index contributed by atoms with van der Waals surface area (Å²) in [6, 6.07) is 6.01. The summed E-state index contributed by atoms with van der Waals surface area (Å²) >= 11 is 1.64. The number of carbonyl (C=O) groups excluding carboxylic acids is 1. The van der Waals surface area contributed by atoms with Crippen molar-refractivity contribution in [2.45, 2.75) is 18.7 Å². The standard InChI is InChI=1S/C14H13NO2S/c1-3-15-13(8-9(2)16)18-12-5-4-11-10(14(12)15)6-7-17-11/h4-8H,3H2,1-2H3/b13-8-. The van der Waals surface area contributed by atoms with Crippen molar-refractivity contribution in [2.24, 2.45) is 0 Å². The molecule has 0 saturated heterocycles. The molecule has 1 aromatic carbocycles. The molecule has 1 aromatic heterocycles. The maximum atomic E-state index is 11.3. The second-order valence-electron chi connectivity index (χ2n) is 4.18. The number of anilines is 1. The molecule has 3 nitrogen and oxygen atoms in total. The lowest BCUT2D eigenvalue weighted by Crippen LogP contribution is -2.17. The van der Waals surface area contributed by atoms with E-state index in [1.54, 1.807) is 31.0 Å².